The third-order valence-corrected chi connectivity index (χ3v) is 8.17. The van der Waals surface area contributed by atoms with Crippen molar-refractivity contribution in [1.82, 2.24) is 14.7 Å². The second kappa shape index (κ2) is 10.4. The van der Waals surface area contributed by atoms with Crippen LogP contribution in [0, 0.1) is 0 Å². The molecule has 176 valence electrons. The molecule has 3 saturated heterocycles. The maximum absolute atomic E-state index is 6.40. The summed E-state index contributed by atoms with van der Waals surface area (Å²) in [5.74, 6) is 2.28. The Morgan fingerprint density at radius 2 is 1.41 bits per heavy atom. The lowest BCUT2D eigenvalue weighted by atomic mass is 9.91. The molecule has 4 fully saturated rings. The van der Waals surface area contributed by atoms with Crippen LogP contribution in [0.5, 0.6) is 5.75 Å². The smallest absolute Gasteiger partial charge is 0.119 e. The SMILES string of the molecule is C=C(N1CCCCC1)N1CCN(c2ccc(OC3CCCN(C4CCC4)CC3)cc2)CC1. The van der Waals surface area contributed by atoms with E-state index in [1.807, 2.05) is 0 Å². The largest absolute Gasteiger partial charge is 0.490 e. The molecule has 5 nitrogen and oxygen atoms in total. The van der Waals surface area contributed by atoms with Crippen molar-refractivity contribution in [3.05, 3.63) is 36.7 Å². The predicted molar refractivity (Wildman–Crippen MR) is 132 cm³/mol. The fraction of sp³-hybridized carbons (Fsp3) is 0.704. The molecule has 0 aromatic heterocycles. The molecule has 4 aliphatic rings. The second-order valence-electron chi connectivity index (χ2n) is 10.2. The van der Waals surface area contributed by atoms with Crippen molar-refractivity contribution in [1.29, 1.82) is 0 Å². The number of rotatable bonds is 6. The van der Waals surface area contributed by atoms with Gasteiger partial charge in [-0.05, 0) is 82.2 Å². The molecule has 5 rings (SSSR count). The summed E-state index contributed by atoms with van der Waals surface area (Å²) in [6.45, 7) is 13.5. The Kier molecular flexibility index (Phi) is 7.11. The number of piperazine rings is 1. The molecular weight excluding hydrogens is 396 g/mol. The van der Waals surface area contributed by atoms with Crippen molar-refractivity contribution in [3.63, 3.8) is 0 Å². The summed E-state index contributed by atoms with van der Waals surface area (Å²) in [5.41, 5.74) is 1.32. The first-order valence-electron chi connectivity index (χ1n) is 13.2. The number of anilines is 1. The maximum atomic E-state index is 6.40. The van der Waals surface area contributed by atoms with Gasteiger partial charge in [0.25, 0.3) is 0 Å². The summed E-state index contributed by atoms with van der Waals surface area (Å²) in [5, 5.41) is 0. The van der Waals surface area contributed by atoms with Crippen LogP contribution >= 0.6 is 0 Å². The van der Waals surface area contributed by atoms with Gasteiger partial charge >= 0.3 is 0 Å². The van der Waals surface area contributed by atoms with Gasteiger partial charge in [0.1, 0.15) is 5.75 Å². The Bertz CT molecular complexity index is 733. The van der Waals surface area contributed by atoms with E-state index in [4.69, 9.17) is 4.74 Å². The van der Waals surface area contributed by atoms with Crippen LogP contribution in [0.15, 0.2) is 36.7 Å². The van der Waals surface area contributed by atoms with Crippen LogP contribution in [0.25, 0.3) is 0 Å². The number of ether oxygens (including phenoxy) is 1. The lowest BCUT2D eigenvalue weighted by Crippen LogP contribution is -2.49. The maximum Gasteiger partial charge on any atom is 0.119 e. The van der Waals surface area contributed by atoms with Gasteiger partial charge in [0.2, 0.25) is 0 Å². The summed E-state index contributed by atoms with van der Waals surface area (Å²) in [6, 6.07) is 9.74. The average molecular weight is 439 g/mol. The number of likely N-dealkylation sites (tertiary alicyclic amines) is 2. The van der Waals surface area contributed by atoms with Gasteiger partial charge in [-0.25, -0.2) is 0 Å². The molecule has 1 aromatic rings. The molecule has 0 radical (unpaired) electrons. The molecule has 0 spiro atoms. The van der Waals surface area contributed by atoms with Crippen molar-refractivity contribution in [2.45, 2.75) is 69.9 Å². The Hall–Kier alpha value is -1.88. The van der Waals surface area contributed by atoms with E-state index in [0.29, 0.717) is 6.10 Å². The van der Waals surface area contributed by atoms with Crippen molar-refractivity contribution < 1.29 is 4.74 Å². The lowest BCUT2D eigenvalue weighted by molar-refractivity contribution is 0.123. The van der Waals surface area contributed by atoms with E-state index in [-0.39, 0.29) is 0 Å². The molecular formula is C27H42N4O. The Morgan fingerprint density at radius 3 is 2.09 bits per heavy atom. The Morgan fingerprint density at radius 1 is 0.688 bits per heavy atom. The monoisotopic (exact) mass is 438 g/mol. The molecule has 0 amide bonds. The first-order valence-corrected chi connectivity index (χ1v) is 13.2. The van der Waals surface area contributed by atoms with Crippen molar-refractivity contribution in [3.8, 4) is 5.75 Å². The molecule has 1 atom stereocenters. The van der Waals surface area contributed by atoms with Gasteiger partial charge in [0, 0.05) is 57.5 Å². The number of piperidine rings is 1. The predicted octanol–water partition coefficient (Wildman–Crippen LogP) is 4.55. The van der Waals surface area contributed by atoms with Crippen molar-refractivity contribution in [2.24, 2.45) is 0 Å². The summed E-state index contributed by atoms with van der Waals surface area (Å²) < 4.78 is 6.40. The minimum absolute atomic E-state index is 0.371. The summed E-state index contributed by atoms with van der Waals surface area (Å²) >= 11 is 0. The molecule has 0 N–H and O–H groups in total. The highest BCUT2D eigenvalue weighted by Crippen LogP contribution is 2.29. The van der Waals surface area contributed by atoms with E-state index in [0.717, 1.165) is 38.0 Å². The standard InChI is InChI=1S/C27H42N4O/c1-23(28-15-3-2-4-16-28)29-19-21-31(22-20-29)25-10-12-27(13-11-25)32-26-9-6-17-30(18-14-26)24-7-5-8-24/h10-13,24,26H,1-9,14-22H2. The van der Waals surface area contributed by atoms with Crippen LogP contribution in [0.4, 0.5) is 5.69 Å². The van der Waals surface area contributed by atoms with E-state index in [9.17, 15) is 0 Å². The van der Waals surface area contributed by atoms with Crippen LogP contribution in [-0.4, -0.2) is 79.2 Å². The number of hydrogen-bond donors (Lipinski definition) is 0. The van der Waals surface area contributed by atoms with E-state index in [1.165, 1.54) is 95.5 Å². The first kappa shape index (κ1) is 21.9. The lowest BCUT2D eigenvalue weighted by Gasteiger charge is -2.42. The summed E-state index contributed by atoms with van der Waals surface area (Å²) in [7, 11) is 0. The van der Waals surface area contributed by atoms with Crippen LogP contribution in [0.1, 0.15) is 57.8 Å². The quantitative estimate of drug-likeness (QED) is 0.648. The number of nitrogens with zero attached hydrogens (tertiary/aromatic N) is 4. The molecule has 3 heterocycles. The zero-order valence-electron chi connectivity index (χ0n) is 19.9. The van der Waals surface area contributed by atoms with Gasteiger partial charge in [-0.1, -0.05) is 13.0 Å². The minimum Gasteiger partial charge on any atom is -0.490 e. The molecule has 1 unspecified atom stereocenters. The van der Waals surface area contributed by atoms with Gasteiger partial charge in [-0.15, -0.1) is 0 Å². The molecule has 1 aliphatic carbocycles. The highest BCUT2D eigenvalue weighted by Gasteiger charge is 2.28. The number of benzene rings is 1. The molecule has 5 heteroatoms. The third kappa shape index (κ3) is 5.19. The van der Waals surface area contributed by atoms with E-state index < -0.39 is 0 Å². The van der Waals surface area contributed by atoms with Crippen molar-refractivity contribution in [2.75, 3.05) is 57.3 Å². The van der Waals surface area contributed by atoms with E-state index in [1.54, 1.807) is 0 Å². The fourth-order valence-electron chi connectivity index (χ4n) is 5.83. The minimum atomic E-state index is 0.371. The van der Waals surface area contributed by atoms with E-state index >= 15 is 0 Å². The van der Waals surface area contributed by atoms with Crippen LogP contribution in [0.3, 0.4) is 0 Å². The molecule has 3 aliphatic heterocycles. The zero-order chi connectivity index (χ0) is 21.8. The molecule has 1 aromatic carbocycles. The first-order chi connectivity index (χ1) is 15.8. The average Bonchev–Trinajstić information content (AvgIpc) is 3.04. The van der Waals surface area contributed by atoms with Crippen LogP contribution < -0.4 is 9.64 Å². The summed E-state index contributed by atoms with van der Waals surface area (Å²) in [4.78, 5) is 10.2. The topological polar surface area (TPSA) is 22.2 Å². The number of hydrogen-bond acceptors (Lipinski definition) is 5. The van der Waals surface area contributed by atoms with Gasteiger partial charge in [0.05, 0.1) is 11.9 Å². The highest BCUT2D eigenvalue weighted by atomic mass is 16.5. The van der Waals surface area contributed by atoms with E-state index in [2.05, 4.69) is 50.4 Å². The molecule has 1 saturated carbocycles. The normalized spacial score (nSPS) is 25.9. The third-order valence-electron chi connectivity index (χ3n) is 8.17. The van der Waals surface area contributed by atoms with Crippen LogP contribution in [-0.2, 0) is 0 Å². The van der Waals surface area contributed by atoms with Gasteiger partial charge in [0.15, 0.2) is 0 Å². The fourth-order valence-corrected chi connectivity index (χ4v) is 5.83. The van der Waals surface area contributed by atoms with Gasteiger partial charge in [-0.3, -0.25) is 0 Å². The highest BCUT2D eigenvalue weighted by molar-refractivity contribution is 5.49. The Labute approximate surface area is 195 Å². The Balaban J connectivity index is 1.08. The zero-order valence-corrected chi connectivity index (χ0v) is 19.9. The second-order valence-corrected chi connectivity index (χ2v) is 10.2. The van der Waals surface area contributed by atoms with Gasteiger partial charge in [-0.2, -0.15) is 0 Å². The van der Waals surface area contributed by atoms with Crippen molar-refractivity contribution >= 4 is 5.69 Å². The summed E-state index contributed by atoms with van der Waals surface area (Å²) in [6.07, 6.45) is 12.2. The van der Waals surface area contributed by atoms with Gasteiger partial charge < -0.3 is 24.3 Å². The van der Waals surface area contributed by atoms with Crippen LogP contribution in [0.2, 0.25) is 0 Å². The molecule has 0 bridgehead atoms. The molecule has 32 heavy (non-hydrogen) atoms.